The Morgan fingerprint density at radius 1 is 1.37 bits per heavy atom. The second-order valence-corrected chi connectivity index (χ2v) is 4.01. The smallest absolute Gasteiger partial charge is 0.303 e. The maximum Gasteiger partial charge on any atom is 0.303 e. The molecule has 0 atom stereocenters. The largest absolute Gasteiger partial charge is 0.481 e. The van der Waals surface area contributed by atoms with Crippen molar-refractivity contribution in [3.63, 3.8) is 0 Å². The first kappa shape index (κ1) is 12.8. The van der Waals surface area contributed by atoms with E-state index >= 15 is 0 Å². The van der Waals surface area contributed by atoms with Crippen LogP contribution in [0.1, 0.15) is 12.0 Å². The molecule has 3 N–H and O–H groups in total. The van der Waals surface area contributed by atoms with Gasteiger partial charge in [0.05, 0.1) is 0 Å². The minimum atomic E-state index is -0.835. The average Bonchev–Trinajstić information content (AvgIpc) is 2.37. The highest BCUT2D eigenvalue weighted by Gasteiger charge is 2.02. The van der Waals surface area contributed by atoms with Crippen LogP contribution in [0.2, 0.25) is 0 Å². The van der Waals surface area contributed by atoms with Gasteiger partial charge in [0.15, 0.2) is 5.43 Å². The molecule has 6 nitrogen and oxygen atoms in total. The fraction of sp³-hybridized carbons (Fsp3) is 0.154. The van der Waals surface area contributed by atoms with Crippen LogP contribution in [0.3, 0.4) is 0 Å². The lowest BCUT2D eigenvalue weighted by Crippen LogP contribution is -2.03. The van der Waals surface area contributed by atoms with Crippen molar-refractivity contribution in [2.75, 3.05) is 5.32 Å². The van der Waals surface area contributed by atoms with E-state index < -0.39 is 5.97 Å². The second-order valence-electron chi connectivity index (χ2n) is 4.01. The van der Waals surface area contributed by atoms with Crippen molar-refractivity contribution in [3.05, 3.63) is 52.4 Å². The van der Waals surface area contributed by atoms with Crippen LogP contribution in [0.15, 0.2) is 41.5 Å². The zero-order chi connectivity index (χ0) is 13.7. The van der Waals surface area contributed by atoms with Gasteiger partial charge in [-0.25, -0.2) is 4.98 Å². The van der Waals surface area contributed by atoms with Crippen molar-refractivity contribution in [1.29, 1.82) is 0 Å². The third kappa shape index (κ3) is 3.95. The van der Waals surface area contributed by atoms with E-state index in [1.165, 1.54) is 12.1 Å². The molecule has 0 aliphatic heterocycles. The molecule has 0 unspecified atom stereocenters. The summed E-state index contributed by atoms with van der Waals surface area (Å²) in [6.07, 6.45) is 3.66. The summed E-state index contributed by atoms with van der Waals surface area (Å²) < 4.78 is 0. The van der Waals surface area contributed by atoms with Crippen LogP contribution >= 0.6 is 0 Å². The summed E-state index contributed by atoms with van der Waals surface area (Å²) in [5.41, 5.74) is 0.765. The van der Waals surface area contributed by atoms with E-state index in [0.29, 0.717) is 18.1 Å². The number of anilines is 2. The number of hydrogen-bond acceptors (Lipinski definition) is 4. The molecule has 0 fully saturated rings. The normalized spacial score (nSPS) is 10.1. The summed E-state index contributed by atoms with van der Waals surface area (Å²) in [6.45, 7) is 0. The number of hydrogen-bond donors (Lipinski definition) is 3. The van der Waals surface area contributed by atoms with Crippen LogP contribution in [0.25, 0.3) is 0 Å². The number of rotatable bonds is 5. The molecule has 0 spiro atoms. The third-order valence-corrected chi connectivity index (χ3v) is 2.49. The van der Waals surface area contributed by atoms with Gasteiger partial charge < -0.3 is 15.4 Å². The molecule has 0 bridgehead atoms. The predicted molar refractivity (Wildman–Crippen MR) is 70.5 cm³/mol. The van der Waals surface area contributed by atoms with Gasteiger partial charge in [-0.15, -0.1) is 0 Å². The van der Waals surface area contributed by atoms with Gasteiger partial charge in [-0.1, -0.05) is 0 Å². The van der Waals surface area contributed by atoms with Crippen molar-refractivity contribution in [1.82, 2.24) is 9.97 Å². The van der Waals surface area contributed by atoms with E-state index in [2.05, 4.69) is 15.3 Å². The number of aliphatic carboxylic acids is 1. The first-order chi connectivity index (χ1) is 9.13. The minimum Gasteiger partial charge on any atom is -0.481 e. The van der Waals surface area contributed by atoms with Gasteiger partial charge in [0.1, 0.15) is 11.6 Å². The van der Waals surface area contributed by atoms with Gasteiger partial charge in [0.25, 0.3) is 0 Å². The predicted octanol–water partition coefficient (Wildman–Crippen LogP) is 1.53. The zero-order valence-electron chi connectivity index (χ0n) is 10.1. The molecule has 19 heavy (non-hydrogen) atoms. The molecular weight excluding hydrogens is 246 g/mol. The Balaban J connectivity index is 2.10. The van der Waals surface area contributed by atoms with Gasteiger partial charge in [-0.3, -0.25) is 9.59 Å². The number of aryl methyl sites for hydroxylation is 1. The van der Waals surface area contributed by atoms with Crippen LogP contribution in [0.5, 0.6) is 0 Å². The van der Waals surface area contributed by atoms with Gasteiger partial charge in [0.2, 0.25) is 0 Å². The van der Waals surface area contributed by atoms with Crippen LogP contribution in [0.4, 0.5) is 11.6 Å². The van der Waals surface area contributed by atoms with Crippen molar-refractivity contribution in [2.45, 2.75) is 12.8 Å². The van der Waals surface area contributed by atoms with Gasteiger partial charge in [-0.2, -0.15) is 0 Å². The number of aromatic nitrogens is 2. The second kappa shape index (κ2) is 5.81. The Bertz CT molecular complexity index is 637. The molecule has 2 rings (SSSR count). The number of carboxylic acids is 1. The Hall–Kier alpha value is -2.63. The SMILES string of the molecule is O=C(O)CCc1ccnc(Nc2cc(=O)cc[nH]2)c1. The number of pyridine rings is 2. The lowest BCUT2D eigenvalue weighted by atomic mass is 10.1. The maximum atomic E-state index is 11.2. The monoisotopic (exact) mass is 259 g/mol. The highest BCUT2D eigenvalue weighted by Crippen LogP contribution is 2.12. The summed E-state index contributed by atoms with van der Waals surface area (Å²) in [5, 5.41) is 11.6. The summed E-state index contributed by atoms with van der Waals surface area (Å²) in [6, 6.07) is 6.36. The standard InChI is InChI=1S/C13H13N3O3/c17-10-4-6-15-12(8-10)16-11-7-9(3-5-14-11)1-2-13(18)19/h3-8H,1-2H2,(H,18,19)(H2,14,15,16,17). The molecule has 98 valence electrons. The first-order valence-electron chi connectivity index (χ1n) is 5.76. The fourth-order valence-corrected chi connectivity index (χ4v) is 1.61. The zero-order valence-corrected chi connectivity index (χ0v) is 10.1. The molecule has 2 heterocycles. The highest BCUT2D eigenvalue weighted by atomic mass is 16.4. The molecule has 0 aliphatic carbocycles. The summed E-state index contributed by atoms with van der Waals surface area (Å²) in [7, 11) is 0. The molecule has 0 aliphatic rings. The van der Waals surface area contributed by atoms with Crippen molar-refractivity contribution in [3.8, 4) is 0 Å². The summed E-state index contributed by atoms with van der Waals surface area (Å²) in [4.78, 5) is 28.7. The maximum absolute atomic E-state index is 11.2. The summed E-state index contributed by atoms with van der Waals surface area (Å²) >= 11 is 0. The fourth-order valence-electron chi connectivity index (χ4n) is 1.61. The van der Waals surface area contributed by atoms with E-state index in [0.717, 1.165) is 5.56 Å². The number of aromatic amines is 1. The minimum absolute atomic E-state index is 0.0750. The van der Waals surface area contributed by atoms with E-state index in [1.54, 1.807) is 24.5 Å². The average molecular weight is 259 g/mol. The Morgan fingerprint density at radius 2 is 2.21 bits per heavy atom. The molecule has 6 heteroatoms. The van der Waals surface area contributed by atoms with Crippen LogP contribution in [0, 0.1) is 0 Å². The first-order valence-corrected chi connectivity index (χ1v) is 5.76. The van der Waals surface area contributed by atoms with Crippen molar-refractivity contribution >= 4 is 17.6 Å². The van der Waals surface area contributed by atoms with Crippen LogP contribution in [-0.4, -0.2) is 21.0 Å². The number of carbonyl (C=O) groups is 1. The third-order valence-electron chi connectivity index (χ3n) is 2.49. The lowest BCUT2D eigenvalue weighted by molar-refractivity contribution is -0.136. The Morgan fingerprint density at radius 3 is 2.95 bits per heavy atom. The van der Waals surface area contributed by atoms with E-state index in [4.69, 9.17) is 5.11 Å². The van der Waals surface area contributed by atoms with E-state index in [-0.39, 0.29) is 11.8 Å². The van der Waals surface area contributed by atoms with Crippen molar-refractivity contribution in [2.24, 2.45) is 0 Å². The summed E-state index contributed by atoms with van der Waals surface area (Å²) in [5.74, 6) is 0.263. The molecule has 0 radical (unpaired) electrons. The van der Waals surface area contributed by atoms with E-state index in [1.807, 2.05) is 0 Å². The number of H-pyrrole nitrogens is 1. The topological polar surface area (TPSA) is 95.1 Å². The molecule has 0 saturated heterocycles. The number of nitrogens with zero attached hydrogens (tertiary/aromatic N) is 1. The van der Waals surface area contributed by atoms with Crippen LogP contribution in [-0.2, 0) is 11.2 Å². The van der Waals surface area contributed by atoms with Gasteiger partial charge in [-0.05, 0) is 24.1 Å². The Kier molecular flexibility index (Phi) is 3.92. The molecular formula is C13H13N3O3. The van der Waals surface area contributed by atoms with Crippen molar-refractivity contribution < 1.29 is 9.90 Å². The molecule has 0 saturated carbocycles. The molecule has 2 aromatic heterocycles. The number of carboxylic acid groups (broad SMARTS) is 1. The quantitative estimate of drug-likeness (QED) is 0.756. The molecule has 0 aromatic carbocycles. The van der Waals surface area contributed by atoms with Crippen LogP contribution < -0.4 is 10.7 Å². The Labute approximate surface area is 109 Å². The molecule has 2 aromatic rings. The highest BCUT2D eigenvalue weighted by molar-refractivity contribution is 5.67. The van der Waals surface area contributed by atoms with E-state index in [9.17, 15) is 9.59 Å². The lowest BCUT2D eigenvalue weighted by Gasteiger charge is -2.06. The number of nitrogens with one attached hydrogen (secondary N) is 2. The van der Waals surface area contributed by atoms with Gasteiger partial charge in [0, 0.05) is 30.9 Å². The van der Waals surface area contributed by atoms with Gasteiger partial charge >= 0.3 is 5.97 Å². The molecule has 0 amide bonds.